The second-order valence-corrected chi connectivity index (χ2v) is 14.1. The Morgan fingerprint density at radius 2 is 1.25 bits per heavy atom. The first-order chi connectivity index (χ1) is 25.9. The molecule has 5 rings (SSSR count). The molecule has 1 aliphatic heterocycles. The largest absolute Gasteiger partial charge is 0.417 e. The van der Waals surface area contributed by atoms with Crippen LogP contribution in [0.25, 0.3) is 0 Å². The van der Waals surface area contributed by atoms with Gasteiger partial charge in [-0.15, -0.1) is 0 Å². The molecule has 1 unspecified atom stereocenters. The summed E-state index contributed by atoms with van der Waals surface area (Å²) in [6, 6.07) is 21.1. The van der Waals surface area contributed by atoms with Crippen molar-refractivity contribution in [3.05, 3.63) is 140 Å². The molecule has 4 aromatic carbocycles. The lowest BCUT2D eigenvalue weighted by molar-refractivity contribution is -0.138. The molecule has 0 aromatic heterocycles. The third-order valence-electron chi connectivity index (χ3n) is 9.03. The Hall–Kier alpha value is -4.17. The molecule has 4 aromatic rings. The first kappa shape index (κ1) is 43.6. The maximum atomic E-state index is 14.4. The van der Waals surface area contributed by atoms with Crippen LogP contribution in [0, 0.1) is 5.82 Å². The van der Waals surface area contributed by atoms with Gasteiger partial charge in [-0.3, -0.25) is 14.5 Å². The fourth-order valence-corrected chi connectivity index (χ4v) is 6.73. The zero-order valence-corrected chi connectivity index (χ0v) is 31.7. The Balaban J connectivity index is 0.000000246. The molecule has 3 atom stereocenters. The van der Waals surface area contributed by atoms with Crippen molar-refractivity contribution in [3.8, 4) is 0 Å². The molecule has 1 saturated heterocycles. The van der Waals surface area contributed by atoms with Crippen LogP contribution in [0.1, 0.15) is 88.7 Å². The summed E-state index contributed by atoms with van der Waals surface area (Å²) in [5.41, 5.74) is -1.48. The van der Waals surface area contributed by atoms with Crippen LogP contribution in [0.4, 0.5) is 30.7 Å². The van der Waals surface area contributed by atoms with Crippen molar-refractivity contribution in [3.63, 3.8) is 0 Å². The third-order valence-corrected chi connectivity index (χ3v) is 9.84. The molecule has 0 radical (unpaired) electrons. The van der Waals surface area contributed by atoms with E-state index in [0.29, 0.717) is 13.1 Å². The van der Waals surface area contributed by atoms with E-state index in [1.807, 2.05) is 44.2 Å². The van der Waals surface area contributed by atoms with E-state index in [-0.39, 0.29) is 28.8 Å². The minimum atomic E-state index is -4.68. The summed E-state index contributed by atoms with van der Waals surface area (Å²) in [7, 11) is 0. The second kappa shape index (κ2) is 19.1. The van der Waals surface area contributed by atoms with E-state index >= 15 is 0 Å². The number of nitrogens with one attached hydrogen (secondary N) is 3. The molecule has 0 saturated carbocycles. The summed E-state index contributed by atoms with van der Waals surface area (Å²) in [5.74, 6) is -1.92. The molecule has 1 aliphatic rings. The monoisotopic (exact) mass is 812 g/mol. The Morgan fingerprint density at radius 3 is 1.73 bits per heavy atom. The first-order valence-corrected chi connectivity index (χ1v) is 18.2. The molecule has 0 aliphatic carbocycles. The van der Waals surface area contributed by atoms with Gasteiger partial charge in [0.1, 0.15) is 5.82 Å². The number of hydrogen-bond donors (Lipinski definition) is 3. The van der Waals surface area contributed by atoms with Crippen molar-refractivity contribution in [2.45, 2.75) is 70.1 Å². The van der Waals surface area contributed by atoms with Gasteiger partial charge in [0, 0.05) is 30.7 Å². The molecule has 3 N–H and O–H groups in total. The molecule has 15 heteroatoms. The lowest BCUT2D eigenvalue weighted by atomic mass is 10.0. The average molecular weight is 814 g/mol. The fraction of sp³-hybridized carbons (Fsp3) is 0.350. The Bertz CT molecular complexity index is 1910. The van der Waals surface area contributed by atoms with E-state index in [2.05, 4.69) is 27.8 Å². The van der Waals surface area contributed by atoms with E-state index in [1.165, 1.54) is 24.3 Å². The number of amides is 2. The van der Waals surface area contributed by atoms with Gasteiger partial charge < -0.3 is 16.0 Å². The molecule has 55 heavy (non-hydrogen) atoms. The maximum absolute atomic E-state index is 14.4. The van der Waals surface area contributed by atoms with Gasteiger partial charge in [0.2, 0.25) is 0 Å². The summed E-state index contributed by atoms with van der Waals surface area (Å²) in [6.45, 7) is 7.58. The number of halogens is 9. The molecule has 2 amide bonds. The summed E-state index contributed by atoms with van der Waals surface area (Å²) in [5, 5.41) is 7.42. The molecule has 6 nitrogen and oxygen atoms in total. The number of carbonyl (C=O) groups is 2. The predicted molar refractivity (Wildman–Crippen MR) is 200 cm³/mol. The molecular weight excluding hydrogens is 772 g/mol. The van der Waals surface area contributed by atoms with Crippen LogP contribution in [0.2, 0.25) is 10.0 Å². The number of rotatable bonds is 11. The van der Waals surface area contributed by atoms with Gasteiger partial charge in [0.15, 0.2) is 0 Å². The summed E-state index contributed by atoms with van der Waals surface area (Å²) >= 11 is 11.7. The van der Waals surface area contributed by atoms with Crippen LogP contribution in [0.3, 0.4) is 0 Å². The van der Waals surface area contributed by atoms with Gasteiger partial charge in [-0.2, -0.15) is 26.3 Å². The average Bonchev–Trinajstić information content (AvgIpc) is 3.53. The minimum Gasteiger partial charge on any atom is -0.344 e. The van der Waals surface area contributed by atoms with Gasteiger partial charge in [0.25, 0.3) is 11.8 Å². The quantitative estimate of drug-likeness (QED) is 0.132. The van der Waals surface area contributed by atoms with E-state index in [9.17, 15) is 40.3 Å². The number of alkyl halides is 6. The zero-order valence-electron chi connectivity index (χ0n) is 30.2. The van der Waals surface area contributed by atoms with Gasteiger partial charge in [-0.05, 0) is 62.2 Å². The highest BCUT2D eigenvalue weighted by molar-refractivity contribution is 6.35. The zero-order chi connectivity index (χ0) is 40.5. The van der Waals surface area contributed by atoms with Crippen molar-refractivity contribution >= 4 is 35.0 Å². The van der Waals surface area contributed by atoms with Crippen molar-refractivity contribution in [1.29, 1.82) is 0 Å². The number of benzene rings is 4. The van der Waals surface area contributed by atoms with E-state index in [1.54, 1.807) is 18.2 Å². The topological polar surface area (TPSA) is 73.5 Å². The van der Waals surface area contributed by atoms with Gasteiger partial charge >= 0.3 is 12.4 Å². The van der Waals surface area contributed by atoms with Crippen molar-refractivity contribution < 1.29 is 40.3 Å². The Morgan fingerprint density at radius 1 is 0.745 bits per heavy atom. The predicted octanol–water partition coefficient (Wildman–Crippen LogP) is 10.3. The number of hydrogen-bond acceptors (Lipinski definition) is 4. The standard InChI is InChI=1S/C21H21ClF4N2O.C19H20ClF3N2O/c1-13-6-5-11-28(13)12-18(14-7-2-3-10-17(14)23)27-20(29)15-8-4-9-16(19(15)22)21(24,25)26;1-12(2)24-11-16(13-7-4-3-5-8-13)25-18(26)14-9-6-10-15(17(14)20)19(21,22)23/h2-4,7-10,13,18H,5-6,11-12H2,1H3,(H,27,29);3-10,12,16,24H,11H2,1-2H3,(H,25,26)/t13?,18-;16-/m11/s1. The van der Waals surface area contributed by atoms with Crippen LogP contribution in [-0.2, 0) is 12.4 Å². The van der Waals surface area contributed by atoms with Crippen LogP contribution >= 0.6 is 23.2 Å². The smallest absolute Gasteiger partial charge is 0.344 e. The Kier molecular flexibility index (Phi) is 15.1. The van der Waals surface area contributed by atoms with Crippen LogP contribution in [-0.4, -0.2) is 48.4 Å². The molecule has 1 fully saturated rings. The minimum absolute atomic E-state index is 0.190. The summed E-state index contributed by atoms with van der Waals surface area (Å²) in [4.78, 5) is 27.5. The Labute approximate surface area is 325 Å². The number of likely N-dealkylation sites (tertiary alicyclic amines) is 1. The van der Waals surface area contributed by atoms with Gasteiger partial charge in [0.05, 0.1) is 44.4 Å². The van der Waals surface area contributed by atoms with Crippen molar-refractivity contribution in [2.24, 2.45) is 0 Å². The molecular formula is C40H41Cl2F7N4O2. The summed E-state index contributed by atoms with van der Waals surface area (Å²) < 4.78 is 92.8. The fourth-order valence-electron chi connectivity index (χ4n) is 6.09. The number of nitrogens with zero attached hydrogens (tertiary/aromatic N) is 1. The highest BCUT2D eigenvalue weighted by Crippen LogP contribution is 2.37. The van der Waals surface area contributed by atoms with Crippen LogP contribution in [0.5, 0.6) is 0 Å². The molecule has 1 heterocycles. The molecule has 0 spiro atoms. The molecule has 0 bridgehead atoms. The highest BCUT2D eigenvalue weighted by atomic mass is 35.5. The third kappa shape index (κ3) is 11.9. The normalized spacial score (nSPS) is 15.9. The SMILES string of the molecule is CC(C)NC[C@@H](NC(=O)c1cccc(C(F)(F)F)c1Cl)c1ccccc1.CC1CCCN1C[C@@H](NC(=O)c1cccc(C(F)(F)F)c1Cl)c1ccccc1F. The highest BCUT2D eigenvalue weighted by Gasteiger charge is 2.36. The maximum Gasteiger partial charge on any atom is 0.417 e. The van der Waals surface area contributed by atoms with Crippen molar-refractivity contribution in [1.82, 2.24) is 20.9 Å². The van der Waals surface area contributed by atoms with Gasteiger partial charge in [-0.1, -0.05) is 97.7 Å². The second-order valence-electron chi connectivity index (χ2n) is 13.4. The lowest BCUT2D eigenvalue weighted by Crippen LogP contribution is -2.40. The van der Waals surface area contributed by atoms with E-state index < -0.39 is 63.2 Å². The van der Waals surface area contributed by atoms with Crippen LogP contribution in [0.15, 0.2) is 91.0 Å². The van der Waals surface area contributed by atoms with E-state index in [0.717, 1.165) is 43.1 Å². The lowest BCUT2D eigenvalue weighted by Gasteiger charge is -2.28. The van der Waals surface area contributed by atoms with E-state index in [4.69, 9.17) is 23.2 Å². The van der Waals surface area contributed by atoms with Crippen molar-refractivity contribution in [2.75, 3.05) is 19.6 Å². The first-order valence-electron chi connectivity index (χ1n) is 17.5. The summed E-state index contributed by atoms with van der Waals surface area (Å²) in [6.07, 6.45) is -7.30. The number of carbonyl (C=O) groups excluding carboxylic acids is 2. The molecule has 296 valence electrons. The van der Waals surface area contributed by atoms with Crippen LogP contribution < -0.4 is 16.0 Å². The van der Waals surface area contributed by atoms with Gasteiger partial charge in [-0.25, -0.2) is 4.39 Å².